The van der Waals surface area contributed by atoms with Crippen LogP contribution >= 0.6 is 36.4 Å². The van der Waals surface area contributed by atoms with Crippen LogP contribution in [-0.4, -0.2) is 55.5 Å². The summed E-state index contributed by atoms with van der Waals surface area (Å²) in [5.74, 6) is 1.03. The van der Waals surface area contributed by atoms with E-state index in [1.165, 1.54) is 32.4 Å². The molecule has 26 heavy (non-hydrogen) atoms. The first-order chi connectivity index (χ1) is 11.6. The van der Waals surface area contributed by atoms with Crippen molar-refractivity contribution in [2.45, 2.75) is 25.7 Å². The highest BCUT2D eigenvalue weighted by Crippen LogP contribution is 2.31. The number of halogens is 3. The number of ether oxygens (including phenoxy) is 1. The van der Waals surface area contributed by atoms with E-state index in [2.05, 4.69) is 4.90 Å². The van der Waals surface area contributed by atoms with Crippen molar-refractivity contribution in [2.75, 3.05) is 45.6 Å². The summed E-state index contributed by atoms with van der Waals surface area (Å²) in [6, 6.07) is 3.24. The number of anilines is 1. The maximum absolute atomic E-state index is 12.9. The van der Waals surface area contributed by atoms with Crippen LogP contribution in [0.2, 0.25) is 5.02 Å². The third-order valence-corrected chi connectivity index (χ3v) is 5.41. The number of likely N-dealkylation sites (tertiary alicyclic amines) is 2. The molecule has 0 bridgehead atoms. The molecule has 1 aromatic carbocycles. The highest BCUT2D eigenvalue weighted by molar-refractivity contribution is 6.33. The van der Waals surface area contributed by atoms with Crippen molar-refractivity contribution >= 4 is 48.0 Å². The topological polar surface area (TPSA) is 58.8 Å². The Kier molecular flexibility index (Phi) is 9.31. The average molecular weight is 425 g/mol. The van der Waals surface area contributed by atoms with Crippen molar-refractivity contribution in [3.8, 4) is 5.75 Å². The summed E-state index contributed by atoms with van der Waals surface area (Å²) < 4.78 is 5.32. The van der Waals surface area contributed by atoms with E-state index < -0.39 is 0 Å². The Morgan fingerprint density at radius 1 is 1.23 bits per heavy atom. The lowest BCUT2D eigenvalue weighted by molar-refractivity contribution is 0.0779. The highest BCUT2D eigenvalue weighted by Gasteiger charge is 2.30. The van der Waals surface area contributed by atoms with Crippen molar-refractivity contribution in [1.82, 2.24) is 9.80 Å². The van der Waals surface area contributed by atoms with Gasteiger partial charge in [-0.3, -0.25) is 4.79 Å². The Hall–Kier alpha value is -0.880. The van der Waals surface area contributed by atoms with Gasteiger partial charge in [0.15, 0.2) is 0 Å². The van der Waals surface area contributed by atoms with Gasteiger partial charge in [-0.1, -0.05) is 18.0 Å². The van der Waals surface area contributed by atoms with E-state index in [1.54, 1.807) is 19.2 Å². The normalized spacial score (nSPS) is 20.2. The van der Waals surface area contributed by atoms with E-state index in [9.17, 15) is 4.79 Å². The number of nitrogen functional groups attached to an aromatic ring is 1. The minimum absolute atomic E-state index is 0. The predicted octanol–water partition coefficient (Wildman–Crippen LogP) is 3.72. The molecule has 2 fully saturated rings. The fourth-order valence-corrected chi connectivity index (χ4v) is 3.91. The number of rotatable bonds is 4. The van der Waals surface area contributed by atoms with Crippen molar-refractivity contribution in [3.05, 3.63) is 22.7 Å². The van der Waals surface area contributed by atoms with Crippen LogP contribution in [0.4, 0.5) is 5.69 Å². The van der Waals surface area contributed by atoms with Crippen LogP contribution in [0.3, 0.4) is 0 Å². The molecule has 0 radical (unpaired) electrons. The zero-order valence-electron chi connectivity index (χ0n) is 15.1. The number of amides is 1. The standard InChI is InChI=1S/C18H26ClN3O2.2ClH/c1-24-17-10-16(20)15(19)9-14(17)18(23)22-8-5-13(12-22)11-21-6-3-2-4-7-21;;/h9-10,13H,2-8,11-12,20H2,1H3;2*1H. The number of carbonyl (C=O) groups excluding carboxylic acids is 1. The van der Waals surface area contributed by atoms with Gasteiger partial charge in [0.05, 0.1) is 23.4 Å². The molecular formula is C18H28Cl3N3O2. The number of carbonyl (C=O) groups is 1. The zero-order chi connectivity index (χ0) is 17.1. The third kappa shape index (κ3) is 5.32. The summed E-state index contributed by atoms with van der Waals surface area (Å²) >= 11 is 6.09. The van der Waals surface area contributed by atoms with E-state index in [1.807, 2.05) is 4.90 Å². The third-order valence-electron chi connectivity index (χ3n) is 5.09. The monoisotopic (exact) mass is 423 g/mol. The molecule has 5 nitrogen and oxygen atoms in total. The van der Waals surface area contributed by atoms with E-state index >= 15 is 0 Å². The maximum Gasteiger partial charge on any atom is 0.257 e. The van der Waals surface area contributed by atoms with E-state index in [4.69, 9.17) is 22.1 Å². The van der Waals surface area contributed by atoms with Crippen molar-refractivity contribution in [3.63, 3.8) is 0 Å². The molecule has 0 aromatic heterocycles. The van der Waals surface area contributed by atoms with Crippen molar-refractivity contribution in [2.24, 2.45) is 5.92 Å². The molecule has 148 valence electrons. The Bertz CT molecular complexity index is 610. The van der Waals surface area contributed by atoms with Gasteiger partial charge in [0.1, 0.15) is 5.75 Å². The number of piperidine rings is 1. The molecule has 0 saturated carbocycles. The lowest BCUT2D eigenvalue weighted by Crippen LogP contribution is -2.36. The van der Waals surface area contributed by atoms with Gasteiger partial charge in [0, 0.05) is 25.7 Å². The molecule has 0 spiro atoms. The van der Waals surface area contributed by atoms with Gasteiger partial charge in [-0.15, -0.1) is 24.8 Å². The van der Waals surface area contributed by atoms with Crippen molar-refractivity contribution < 1.29 is 9.53 Å². The maximum atomic E-state index is 12.9. The quantitative estimate of drug-likeness (QED) is 0.748. The molecule has 2 heterocycles. The molecular weight excluding hydrogens is 397 g/mol. The fourth-order valence-electron chi connectivity index (χ4n) is 3.75. The molecule has 3 rings (SSSR count). The summed E-state index contributed by atoms with van der Waals surface area (Å²) in [5, 5.41) is 0.392. The zero-order valence-corrected chi connectivity index (χ0v) is 17.5. The Morgan fingerprint density at radius 2 is 1.92 bits per heavy atom. The lowest BCUT2D eigenvalue weighted by atomic mass is 10.1. The second-order valence-electron chi connectivity index (χ2n) is 6.84. The van der Waals surface area contributed by atoms with Gasteiger partial charge in [-0.2, -0.15) is 0 Å². The van der Waals surface area contributed by atoms with Gasteiger partial charge >= 0.3 is 0 Å². The summed E-state index contributed by atoms with van der Waals surface area (Å²) in [6.45, 7) is 5.10. The largest absolute Gasteiger partial charge is 0.496 e. The average Bonchev–Trinajstić information content (AvgIpc) is 3.05. The first-order valence-corrected chi connectivity index (χ1v) is 9.11. The smallest absolute Gasteiger partial charge is 0.257 e. The van der Waals surface area contributed by atoms with Crippen LogP contribution < -0.4 is 10.5 Å². The van der Waals surface area contributed by atoms with Crippen LogP contribution in [0.5, 0.6) is 5.75 Å². The molecule has 1 atom stereocenters. The minimum Gasteiger partial charge on any atom is -0.496 e. The highest BCUT2D eigenvalue weighted by atomic mass is 35.5. The molecule has 1 aromatic rings. The Labute approximate surface area is 173 Å². The minimum atomic E-state index is -0.0186. The van der Waals surface area contributed by atoms with E-state index in [0.29, 0.717) is 27.9 Å². The molecule has 2 saturated heterocycles. The first-order valence-electron chi connectivity index (χ1n) is 8.73. The van der Waals surface area contributed by atoms with Gasteiger partial charge < -0.3 is 20.3 Å². The van der Waals surface area contributed by atoms with Crippen LogP contribution in [0.25, 0.3) is 0 Å². The van der Waals surface area contributed by atoms with E-state index in [-0.39, 0.29) is 30.7 Å². The Morgan fingerprint density at radius 3 is 2.58 bits per heavy atom. The van der Waals surface area contributed by atoms with Crippen LogP contribution in [-0.2, 0) is 0 Å². The molecule has 2 aliphatic rings. The summed E-state index contributed by atoms with van der Waals surface area (Å²) in [4.78, 5) is 17.3. The van der Waals surface area contributed by atoms with Crippen LogP contribution in [0.15, 0.2) is 12.1 Å². The summed E-state index contributed by atoms with van der Waals surface area (Å²) in [5.41, 5.74) is 6.72. The number of hydrogen-bond acceptors (Lipinski definition) is 4. The summed E-state index contributed by atoms with van der Waals surface area (Å²) in [7, 11) is 1.54. The number of methoxy groups -OCH3 is 1. The van der Waals surface area contributed by atoms with Gasteiger partial charge in [-0.25, -0.2) is 0 Å². The molecule has 2 aliphatic heterocycles. The summed E-state index contributed by atoms with van der Waals surface area (Å²) in [6.07, 6.45) is 5.02. The number of nitrogens with zero attached hydrogens (tertiary/aromatic N) is 2. The fraction of sp³-hybridized carbons (Fsp3) is 0.611. The number of nitrogens with two attached hydrogens (primary N) is 1. The predicted molar refractivity (Wildman–Crippen MR) is 111 cm³/mol. The molecule has 1 unspecified atom stereocenters. The van der Waals surface area contributed by atoms with Crippen LogP contribution in [0.1, 0.15) is 36.0 Å². The van der Waals surface area contributed by atoms with Gasteiger partial charge in [-0.05, 0) is 44.3 Å². The molecule has 0 aliphatic carbocycles. The lowest BCUT2D eigenvalue weighted by Gasteiger charge is -2.29. The molecule has 1 amide bonds. The van der Waals surface area contributed by atoms with Gasteiger partial charge in [0.2, 0.25) is 0 Å². The molecule has 8 heteroatoms. The second kappa shape index (κ2) is 10.5. The Balaban J connectivity index is 0.00000169. The number of hydrogen-bond donors (Lipinski definition) is 1. The van der Waals surface area contributed by atoms with E-state index in [0.717, 1.165) is 26.1 Å². The van der Waals surface area contributed by atoms with Crippen molar-refractivity contribution in [1.29, 1.82) is 0 Å². The van der Waals surface area contributed by atoms with Crippen LogP contribution in [0, 0.1) is 5.92 Å². The van der Waals surface area contributed by atoms with Gasteiger partial charge in [0.25, 0.3) is 5.91 Å². The second-order valence-corrected chi connectivity index (χ2v) is 7.25. The SMILES string of the molecule is COc1cc(N)c(Cl)cc1C(=O)N1CCC(CN2CCCCC2)C1.Cl.Cl. The molecule has 2 N–H and O–H groups in total. The number of benzene rings is 1. The first kappa shape index (κ1) is 23.2.